The molecule has 0 fully saturated rings. The molecule has 2 rings (SSSR count). The van der Waals surface area contributed by atoms with Crippen LogP contribution in [-0.2, 0) is 17.9 Å². The molecule has 5 nitrogen and oxygen atoms in total. The van der Waals surface area contributed by atoms with E-state index in [4.69, 9.17) is 0 Å². The van der Waals surface area contributed by atoms with E-state index in [0.29, 0.717) is 18.7 Å². The van der Waals surface area contributed by atoms with E-state index in [1.54, 1.807) is 12.1 Å². The van der Waals surface area contributed by atoms with Crippen molar-refractivity contribution in [2.24, 2.45) is 5.41 Å². The van der Waals surface area contributed by atoms with Gasteiger partial charge in [0.05, 0.1) is 0 Å². The van der Waals surface area contributed by atoms with Crippen molar-refractivity contribution in [1.82, 2.24) is 10.6 Å². The van der Waals surface area contributed by atoms with Crippen molar-refractivity contribution in [3.63, 3.8) is 0 Å². The molecule has 6 heteroatoms. The highest BCUT2D eigenvalue weighted by atomic mass is 35.5. The maximum Gasteiger partial charge on any atom is 0.255 e. The molecule has 0 radical (unpaired) electrons. The summed E-state index contributed by atoms with van der Waals surface area (Å²) in [6, 6.07) is 15.1. The Morgan fingerprint density at radius 2 is 1.57 bits per heavy atom. The average molecular weight is 404 g/mol. The number of nitrogens with one attached hydrogen (secondary N) is 3. The van der Waals surface area contributed by atoms with E-state index in [1.807, 2.05) is 64.1 Å². The summed E-state index contributed by atoms with van der Waals surface area (Å²) in [5, 5.41) is 9.16. The zero-order valence-corrected chi connectivity index (χ0v) is 17.8. The second-order valence-corrected chi connectivity index (χ2v) is 7.52. The summed E-state index contributed by atoms with van der Waals surface area (Å²) in [4.78, 5) is 24.5. The number of hydrogen-bond donors (Lipinski definition) is 3. The zero-order valence-electron chi connectivity index (χ0n) is 17.0. The Morgan fingerprint density at radius 1 is 0.929 bits per heavy atom. The molecular formula is C22H30ClN3O2. The van der Waals surface area contributed by atoms with Gasteiger partial charge in [0.1, 0.15) is 0 Å². The second kappa shape index (κ2) is 10.8. The summed E-state index contributed by atoms with van der Waals surface area (Å²) < 4.78 is 0. The lowest BCUT2D eigenvalue weighted by Gasteiger charge is -2.17. The minimum Gasteiger partial charge on any atom is -0.352 e. The number of carbonyl (C=O) groups is 2. The first-order valence-corrected chi connectivity index (χ1v) is 9.28. The molecule has 0 unspecified atom stereocenters. The first-order chi connectivity index (χ1) is 12.8. The van der Waals surface area contributed by atoms with Crippen LogP contribution >= 0.6 is 12.4 Å². The molecule has 0 spiro atoms. The fourth-order valence-electron chi connectivity index (χ4n) is 2.47. The number of carbonyl (C=O) groups excluding carboxylic acids is 2. The van der Waals surface area contributed by atoms with E-state index in [0.717, 1.165) is 23.4 Å². The van der Waals surface area contributed by atoms with Crippen molar-refractivity contribution < 1.29 is 9.59 Å². The number of benzene rings is 2. The molecule has 0 saturated carbocycles. The minimum absolute atomic E-state index is 0. The summed E-state index contributed by atoms with van der Waals surface area (Å²) in [5.74, 6) is -0.147. The summed E-state index contributed by atoms with van der Waals surface area (Å²) in [6.45, 7) is 9.71. The molecule has 0 aliphatic rings. The Labute approximate surface area is 173 Å². The van der Waals surface area contributed by atoms with E-state index in [-0.39, 0.29) is 24.2 Å². The molecule has 3 N–H and O–H groups in total. The van der Waals surface area contributed by atoms with Crippen molar-refractivity contribution in [2.45, 2.75) is 40.8 Å². The zero-order chi connectivity index (χ0) is 19.9. The van der Waals surface area contributed by atoms with Gasteiger partial charge in [-0.2, -0.15) is 0 Å². The minimum atomic E-state index is -0.417. The van der Waals surface area contributed by atoms with Gasteiger partial charge in [-0.15, -0.1) is 12.4 Å². The number of anilines is 1. The Balaban J connectivity index is 0.00000392. The molecule has 2 amide bonds. The summed E-state index contributed by atoms with van der Waals surface area (Å²) in [6.07, 6.45) is 0. The highest BCUT2D eigenvalue weighted by Gasteiger charge is 2.20. The van der Waals surface area contributed by atoms with Crippen molar-refractivity contribution in [3.05, 3.63) is 65.2 Å². The van der Waals surface area contributed by atoms with Crippen LogP contribution in [0.15, 0.2) is 48.5 Å². The quantitative estimate of drug-likeness (QED) is 0.650. The van der Waals surface area contributed by atoms with Gasteiger partial charge in [0.25, 0.3) is 5.91 Å². The highest BCUT2D eigenvalue weighted by molar-refractivity contribution is 6.04. The van der Waals surface area contributed by atoms with Gasteiger partial charge in [0, 0.05) is 29.8 Å². The maximum absolute atomic E-state index is 12.5. The third-order valence-corrected chi connectivity index (χ3v) is 4.18. The molecule has 152 valence electrons. The van der Waals surface area contributed by atoms with Crippen molar-refractivity contribution in [3.8, 4) is 0 Å². The number of hydrogen-bond acceptors (Lipinski definition) is 3. The number of halogens is 1. The van der Waals surface area contributed by atoms with Gasteiger partial charge in [-0.1, -0.05) is 58.0 Å². The van der Waals surface area contributed by atoms with Crippen molar-refractivity contribution >= 4 is 29.9 Å². The fourth-order valence-corrected chi connectivity index (χ4v) is 2.47. The van der Waals surface area contributed by atoms with Crippen molar-refractivity contribution in [1.29, 1.82) is 0 Å². The van der Waals surface area contributed by atoms with Crippen LogP contribution in [0.1, 0.15) is 49.2 Å². The normalized spacial score (nSPS) is 10.7. The molecule has 0 aliphatic carbocycles. The van der Waals surface area contributed by atoms with Gasteiger partial charge in [-0.05, 0) is 35.9 Å². The predicted octanol–water partition coefficient (Wildman–Crippen LogP) is 4.13. The fraction of sp³-hybridized carbons (Fsp3) is 0.364. The predicted molar refractivity (Wildman–Crippen MR) is 117 cm³/mol. The molecule has 28 heavy (non-hydrogen) atoms. The Hall–Kier alpha value is -2.37. The SMILES string of the molecule is CCNCc1ccccc1NC(=O)c1ccc(CNC(=O)C(C)(C)C)cc1.Cl. The third kappa shape index (κ3) is 6.98. The summed E-state index contributed by atoms with van der Waals surface area (Å²) >= 11 is 0. The van der Waals surface area contributed by atoms with Crippen LogP contribution in [0.25, 0.3) is 0 Å². The Morgan fingerprint density at radius 3 is 2.18 bits per heavy atom. The van der Waals surface area contributed by atoms with E-state index in [9.17, 15) is 9.59 Å². The number of para-hydroxylation sites is 1. The lowest BCUT2D eigenvalue weighted by molar-refractivity contribution is -0.128. The first-order valence-electron chi connectivity index (χ1n) is 9.28. The topological polar surface area (TPSA) is 70.2 Å². The van der Waals surface area contributed by atoms with Crippen molar-refractivity contribution in [2.75, 3.05) is 11.9 Å². The van der Waals surface area contributed by atoms with Gasteiger partial charge >= 0.3 is 0 Å². The van der Waals surface area contributed by atoms with Gasteiger partial charge in [0.2, 0.25) is 5.91 Å². The molecule has 2 aromatic carbocycles. The largest absolute Gasteiger partial charge is 0.352 e. The molecule has 0 atom stereocenters. The van der Waals surface area contributed by atoms with Crippen LogP contribution in [-0.4, -0.2) is 18.4 Å². The smallest absolute Gasteiger partial charge is 0.255 e. The molecule has 0 bridgehead atoms. The summed E-state index contributed by atoms with van der Waals surface area (Å²) in [5.41, 5.74) is 2.98. The lowest BCUT2D eigenvalue weighted by atomic mass is 9.95. The molecule has 0 heterocycles. The molecule has 0 aliphatic heterocycles. The van der Waals surface area contributed by atoms with Crippen LogP contribution in [0.4, 0.5) is 5.69 Å². The second-order valence-electron chi connectivity index (χ2n) is 7.52. The van der Waals surface area contributed by atoms with Crippen LogP contribution in [0.2, 0.25) is 0 Å². The van der Waals surface area contributed by atoms with Gasteiger partial charge in [-0.3, -0.25) is 9.59 Å². The first kappa shape index (κ1) is 23.7. The standard InChI is InChI=1S/C22H29N3O2.ClH/c1-5-23-15-18-8-6-7-9-19(18)25-20(26)17-12-10-16(11-13-17)14-24-21(27)22(2,3)4;/h6-13,23H,5,14-15H2,1-4H3,(H,24,27)(H,25,26);1H. The monoisotopic (exact) mass is 403 g/mol. The van der Waals surface area contributed by atoms with E-state index >= 15 is 0 Å². The van der Waals surface area contributed by atoms with Crippen LogP contribution in [0.3, 0.4) is 0 Å². The molecule has 2 aromatic rings. The van der Waals surface area contributed by atoms with Gasteiger partial charge in [-0.25, -0.2) is 0 Å². The van der Waals surface area contributed by atoms with E-state index in [1.165, 1.54) is 0 Å². The number of rotatable bonds is 7. The Bertz CT molecular complexity index is 783. The maximum atomic E-state index is 12.5. The third-order valence-electron chi connectivity index (χ3n) is 4.18. The van der Waals surface area contributed by atoms with Crippen LogP contribution in [0.5, 0.6) is 0 Å². The molecular weight excluding hydrogens is 374 g/mol. The van der Waals surface area contributed by atoms with Crippen LogP contribution < -0.4 is 16.0 Å². The highest BCUT2D eigenvalue weighted by Crippen LogP contribution is 2.17. The molecule has 0 aromatic heterocycles. The van der Waals surface area contributed by atoms with E-state index < -0.39 is 5.41 Å². The lowest BCUT2D eigenvalue weighted by Crippen LogP contribution is -2.34. The Kier molecular flexibility index (Phi) is 9.16. The van der Waals surface area contributed by atoms with Crippen LogP contribution in [0, 0.1) is 5.41 Å². The van der Waals surface area contributed by atoms with Gasteiger partial charge < -0.3 is 16.0 Å². The van der Waals surface area contributed by atoms with E-state index in [2.05, 4.69) is 16.0 Å². The molecule has 0 saturated heterocycles. The number of amides is 2. The average Bonchev–Trinajstić information content (AvgIpc) is 2.65. The van der Waals surface area contributed by atoms with Gasteiger partial charge in [0.15, 0.2) is 0 Å². The summed E-state index contributed by atoms with van der Waals surface area (Å²) in [7, 11) is 0.